The molecule has 1 aliphatic heterocycles. The van der Waals surface area contributed by atoms with Gasteiger partial charge in [0.1, 0.15) is 5.60 Å². The van der Waals surface area contributed by atoms with E-state index >= 15 is 0 Å². The molecule has 4 nitrogen and oxygen atoms in total. The molecule has 13 heavy (non-hydrogen) atoms. The molecule has 1 saturated heterocycles. The minimum absolute atomic E-state index is 0.217. The van der Waals surface area contributed by atoms with Crippen molar-refractivity contribution in [2.45, 2.75) is 5.60 Å². The van der Waals surface area contributed by atoms with Crippen molar-refractivity contribution in [3.8, 4) is 0 Å². The maximum absolute atomic E-state index is 10.7. The van der Waals surface area contributed by atoms with Gasteiger partial charge in [0.15, 0.2) is 0 Å². The number of aliphatic hydroxyl groups is 1. The van der Waals surface area contributed by atoms with Crippen molar-refractivity contribution in [1.82, 2.24) is 5.32 Å². The van der Waals surface area contributed by atoms with E-state index in [1.165, 1.54) is 17.4 Å². The number of rotatable bonds is 2. The fourth-order valence-electron chi connectivity index (χ4n) is 1.36. The first-order chi connectivity index (χ1) is 6.13. The Balaban J connectivity index is 2.39. The van der Waals surface area contributed by atoms with E-state index in [0.29, 0.717) is 18.0 Å². The third-order valence-corrected chi connectivity index (χ3v) is 3.26. The van der Waals surface area contributed by atoms with E-state index in [1.54, 1.807) is 5.38 Å². The predicted octanol–water partition coefficient (Wildman–Crippen LogP) is 0.237. The van der Waals surface area contributed by atoms with Crippen LogP contribution >= 0.6 is 11.3 Å². The van der Waals surface area contributed by atoms with E-state index < -0.39 is 11.6 Å². The number of carboxylic acid groups (broad SMARTS) is 1. The lowest BCUT2D eigenvalue weighted by Crippen LogP contribution is -2.56. The molecule has 0 saturated carbocycles. The molecular weight excluding hydrogens is 190 g/mol. The number of hydrogen-bond acceptors (Lipinski definition) is 4. The summed E-state index contributed by atoms with van der Waals surface area (Å²) in [5, 5.41) is 23.3. The topological polar surface area (TPSA) is 69.6 Å². The molecule has 70 valence electrons. The van der Waals surface area contributed by atoms with Gasteiger partial charge in [-0.05, 0) is 11.4 Å². The van der Waals surface area contributed by atoms with Gasteiger partial charge in [0.2, 0.25) is 0 Å². The van der Waals surface area contributed by atoms with Crippen LogP contribution in [0.3, 0.4) is 0 Å². The van der Waals surface area contributed by atoms with Gasteiger partial charge in [-0.1, -0.05) is 0 Å². The lowest BCUT2D eigenvalue weighted by atomic mass is 9.93. The third-order valence-electron chi connectivity index (χ3n) is 2.15. The van der Waals surface area contributed by atoms with Gasteiger partial charge >= 0.3 is 5.97 Å². The molecule has 1 aromatic heterocycles. The molecule has 0 amide bonds. The van der Waals surface area contributed by atoms with Crippen molar-refractivity contribution in [3.05, 3.63) is 21.9 Å². The molecular formula is C8H9NO3S. The lowest BCUT2D eigenvalue weighted by Gasteiger charge is -2.37. The van der Waals surface area contributed by atoms with Crippen molar-refractivity contribution < 1.29 is 15.0 Å². The Kier molecular flexibility index (Phi) is 1.87. The molecule has 0 aromatic carbocycles. The van der Waals surface area contributed by atoms with E-state index in [2.05, 4.69) is 5.32 Å². The van der Waals surface area contributed by atoms with Crippen molar-refractivity contribution >= 4 is 17.3 Å². The van der Waals surface area contributed by atoms with Gasteiger partial charge in [-0.15, -0.1) is 11.3 Å². The van der Waals surface area contributed by atoms with Crippen LogP contribution in [0.2, 0.25) is 0 Å². The van der Waals surface area contributed by atoms with E-state index in [-0.39, 0.29) is 5.56 Å². The molecule has 1 aromatic rings. The summed E-state index contributed by atoms with van der Waals surface area (Å²) in [7, 11) is 0. The summed E-state index contributed by atoms with van der Waals surface area (Å²) in [6, 6.07) is 1.53. The van der Waals surface area contributed by atoms with Gasteiger partial charge in [0.25, 0.3) is 0 Å². The quantitative estimate of drug-likeness (QED) is 0.638. The maximum atomic E-state index is 10.7. The first kappa shape index (κ1) is 8.68. The number of aromatic carboxylic acids is 1. The molecule has 0 atom stereocenters. The standard InChI is InChI=1S/C8H9NO3S/c10-7(11)5-1-2-13-6(5)8(12)3-9-4-8/h1-2,9,12H,3-4H2,(H,10,11). The van der Waals surface area contributed by atoms with Crippen molar-refractivity contribution in [2.75, 3.05) is 13.1 Å². The van der Waals surface area contributed by atoms with Crippen LogP contribution in [-0.4, -0.2) is 29.3 Å². The van der Waals surface area contributed by atoms with Gasteiger partial charge in [-0.2, -0.15) is 0 Å². The Hall–Kier alpha value is -0.910. The SMILES string of the molecule is O=C(O)c1ccsc1C1(O)CNC1. The van der Waals surface area contributed by atoms with Crippen molar-refractivity contribution in [1.29, 1.82) is 0 Å². The molecule has 3 N–H and O–H groups in total. The van der Waals surface area contributed by atoms with Crippen LogP contribution in [0.1, 0.15) is 15.2 Å². The predicted molar refractivity (Wildman–Crippen MR) is 48.0 cm³/mol. The van der Waals surface area contributed by atoms with E-state index in [1.807, 2.05) is 0 Å². The number of nitrogens with one attached hydrogen (secondary N) is 1. The molecule has 1 fully saturated rings. The Labute approximate surface area is 78.8 Å². The van der Waals surface area contributed by atoms with Crippen molar-refractivity contribution in [2.24, 2.45) is 0 Å². The summed E-state index contributed by atoms with van der Waals surface area (Å²) in [6.45, 7) is 0.877. The molecule has 0 unspecified atom stereocenters. The zero-order chi connectivity index (χ0) is 9.47. The van der Waals surface area contributed by atoms with Crippen LogP contribution in [0.5, 0.6) is 0 Å². The van der Waals surface area contributed by atoms with Crippen LogP contribution < -0.4 is 5.32 Å². The normalized spacial score (nSPS) is 19.5. The highest BCUT2D eigenvalue weighted by Crippen LogP contribution is 2.32. The second-order valence-electron chi connectivity index (χ2n) is 3.10. The van der Waals surface area contributed by atoms with Crippen LogP contribution in [0.15, 0.2) is 11.4 Å². The number of β-amino-alcohol motifs (C(OH)–C–C–N with tert-alkyl or cyclic N) is 1. The summed E-state index contributed by atoms with van der Waals surface area (Å²) < 4.78 is 0. The average Bonchev–Trinajstić information content (AvgIpc) is 2.47. The molecule has 0 bridgehead atoms. The molecule has 2 rings (SSSR count). The maximum Gasteiger partial charge on any atom is 0.336 e. The molecule has 0 aliphatic carbocycles. The minimum atomic E-state index is -0.975. The summed E-state index contributed by atoms with van der Waals surface area (Å²) in [5.74, 6) is -0.975. The fraction of sp³-hybridized carbons (Fsp3) is 0.375. The lowest BCUT2D eigenvalue weighted by molar-refractivity contribution is -0.0123. The molecule has 2 heterocycles. The number of carboxylic acids is 1. The third kappa shape index (κ3) is 1.25. The van der Waals surface area contributed by atoms with E-state index in [0.717, 1.165) is 0 Å². The molecule has 1 aliphatic rings. The van der Waals surface area contributed by atoms with Gasteiger partial charge in [-0.3, -0.25) is 0 Å². The highest BCUT2D eigenvalue weighted by molar-refractivity contribution is 7.10. The Bertz CT molecular complexity index is 343. The van der Waals surface area contributed by atoms with Crippen molar-refractivity contribution in [3.63, 3.8) is 0 Å². The zero-order valence-electron chi connectivity index (χ0n) is 6.78. The zero-order valence-corrected chi connectivity index (χ0v) is 7.60. The molecule has 0 spiro atoms. The highest BCUT2D eigenvalue weighted by atomic mass is 32.1. The van der Waals surface area contributed by atoms with Crippen LogP contribution in [0, 0.1) is 0 Å². The summed E-state index contributed by atoms with van der Waals surface area (Å²) in [6.07, 6.45) is 0. The number of carbonyl (C=O) groups is 1. The largest absolute Gasteiger partial charge is 0.478 e. The van der Waals surface area contributed by atoms with Crippen LogP contribution in [-0.2, 0) is 5.60 Å². The second kappa shape index (κ2) is 2.80. The first-order valence-corrected chi connectivity index (χ1v) is 4.76. The second-order valence-corrected chi connectivity index (χ2v) is 4.02. The summed E-state index contributed by atoms with van der Waals surface area (Å²) in [4.78, 5) is 11.3. The van der Waals surface area contributed by atoms with E-state index in [9.17, 15) is 9.90 Å². The fourth-order valence-corrected chi connectivity index (χ4v) is 2.35. The van der Waals surface area contributed by atoms with Gasteiger partial charge in [0, 0.05) is 13.1 Å². The van der Waals surface area contributed by atoms with Gasteiger partial charge in [0.05, 0.1) is 10.4 Å². The van der Waals surface area contributed by atoms with E-state index in [4.69, 9.17) is 5.11 Å². The minimum Gasteiger partial charge on any atom is -0.478 e. The van der Waals surface area contributed by atoms with Gasteiger partial charge < -0.3 is 15.5 Å². The van der Waals surface area contributed by atoms with Crippen LogP contribution in [0.25, 0.3) is 0 Å². The number of hydrogen-bond donors (Lipinski definition) is 3. The Morgan fingerprint density at radius 2 is 2.31 bits per heavy atom. The van der Waals surface area contributed by atoms with Gasteiger partial charge in [-0.25, -0.2) is 4.79 Å². The number of thiophene rings is 1. The smallest absolute Gasteiger partial charge is 0.336 e. The molecule has 5 heteroatoms. The average molecular weight is 199 g/mol. The summed E-state index contributed by atoms with van der Waals surface area (Å²) >= 11 is 1.29. The summed E-state index contributed by atoms with van der Waals surface area (Å²) in [5.41, 5.74) is -0.740. The monoisotopic (exact) mass is 199 g/mol. The first-order valence-electron chi connectivity index (χ1n) is 3.88. The Morgan fingerprint density at radius 1 is 1.62 bits per heavy atom. The molecule has 0 radical (unpaired) electrons. The van der Waals surface area contributed by atoms with Crippen LogP contribution in [0.4, 0.5) is 0 Å². The highest BCUT2D eigenvalue weighted by Gasteiger charge is 2.40. The Morgan fingerprint density at radius 3 is 2.77 bits per heavy atom.